The molecule has 0 fully saturated rings. The van der Waals surface area contributed by atoms with Crippen LogP contribution in [0, 0.1) is 0 Å². The van der Waals surface area contributed by atoms with E-state index in [0.717, 1.165) is 53.3 Å². The molecule has 0 N–H and O–H groups in total. The van der Waals surface area contributed by atoms with E-state index in [4.69, 9.17) is 4.98 Å². The lowest BCUT2D eigenvalue weighted by Gasteiger charge is -2.20. The van der Waals surface area contributed by atoms with E-state index in [-0.39, 0.29) is 0 Å². The summed E-state index contributed by atoms with van der Waals surface area (Å²) in [6.45, 7) is 2.25. The van der Waals surface area contributed by atoms with Crippen LogP contribution in [0.4, 0.5) is 0 Å². The molecule has 4 aromatic carbocycles. The van der Waals surface area contributed by atoms with Crippen LogP contribution in [-0.2, 0) is 6.42 Å². The molecule has 1 heterocycles. The van der Waals surface area contributed by atoms with Gasteiger partial charge in [0.05, 0.1) is 11.4 Å². The number of aromatic nitrogens is 2. The lowest BCUT2D eigenvalue weighted by molar-refractivity contribution is 0.916. The van der Waals surface area contributed by atoms with E-state index >= 15 is 0 Å². The van der Waals surface area contributed by atoms with Crippen LogP contribution in [0.25, 0.3) is 33.8 Å². The van der Waals surface area contributed by atoms with Crippen molar-refractivity contribution < 1.29 is 0 Å². The third-order valence-corrected chi connectivity index (χ3v) is 7.22. The lowest BCUT2D eigenvalue weighted by atomic mass is 9.90. The van der Waals surface area contributed by atoms with Crippen molar-refractivity contribution in [1.29, 1.82) is 0 Å². The van der Waals surface area contributed by atoms with Gasteiger partial charge in [0.2, 0.25) is 0 Å². The molecule has 0 atom stereocenters. The first-order chi connectivity index (χ1) is 19.3. The first kappa shape index (κ1) is 24.6. The zero-order valence-electron chi connectivity index (χ0n) is 22.3. The summed E-state index contributed by atoms with van der Waals surface area (Å²) in [6, 6.07) is 40.8. The SMILES string of the molecule is CCCc1ccccc1/C(=C1/C=CC=CC1)c1nc(-c2ccccc2)c(-c2ccccc2)n1-c1ccccc1. The topological polar surface area (TPSA) is 17.8 Å². The zero-order valence-corrected chi connectivity index (χ0v) is 22.3. The van der Waals surface area contributed by atoms with Crippen LogP contribution in [0.5, 0.6) is 0 Å². The van der Waals surface area contributed by atoms with Crippen LogP contribution in [0.3, 0.4) is 0 Å². The second-order valence-corrected chi connectivity index (χ2v) is 9.83. The molecule has 0 amide bonds. The minimum atomic E-state index is 0.870. The fourth-order valence-electron chi connectivity index (χ4n) is 5.46. The maximum absolute atomic E-state index is 5.53. The van der Waals surface area contributed by atoms with Crippen molar-refractivity contribution in [2.24, 2.45) is 0 Å². The molecule has 0 saturated heterocycles. The number of hydrogen-bond donors (Lipinski definition) is 0. The van der Waals surface area contributed by atoms with E-state index in [1.807, 2.05) is 0 Å². The molecule has 190 valence electrons. The van der Waals surface area contributed by atoms with Gasteiger partial charge in [-0.3, -0.25) is 4.57 Å². The third kappa shape index (κ3) is 4.94. The van der Waals surface area contributed by atoms with Crippen LogP contribution in [-0.4, -0.2) is 9.55 Å². The Balaban J connectivity index is 1.75. The predicted molar refractivity (Wildman–Crippen MR) is 164 cm³/mol. The van der Waals surface area contributed by atoms with Crippen molar-refractivity contribution in [2.75, 3.05) is 0 Å². The monoisotopic (exact) mass is 504 g/mol. The Morgan fingerprint density at radius 2 is 1.36 bits per heavy atom. The highest BCUT2D eigenvalue weighted by atomic mass is 15.1. The number of para-hydroxylation sites is 1. The smallest absolute Gasteiger partial charge is 0.146 e. The summed E-state index contributed by atoms with van der Waals surface area (Å²) in [5.41, 5.74) is 10.5. The average Bonchev–Trinajstić information content (AvgIpc) is 3.40. The van der Waals surface area contributed by atoms with Gasteiger partial charge < -0.3 is 0 Å². The molecule has 5 aromatic rings. The Kier molecular flexibility index (Phi) is 7.18. The largest absolute Gasteiger partial charge is 0.292 e. The van der Waals surface area contributed by atoms with Gasteiger partial charge >= 0.3 is 0 Å². The summed E-state index contributed by atoms with van der Waals surface area (Å²) in [6.07, 6.45) is 11.8. The highest BCUT2D eigenvalue weighted by Gasteiger charge is 2.26. The Labute approximate surface area is 231 Å². The van der Waals surface area contributed by atoms with Crippen molar-refractivity contribution in [3.63, 3.8) is 0 Å². The summed E-state index contributed by atoms with van der Waals surface area (Å²) in [5, 5.41) is 0. The molecule has 0 unspecified atom stereocenters. The number of nitrogens with zero attached hydrogens (tertiary/aromatic N) is 2. The Morgan fingerprint density at radius 1 is 0.718 bits per heavy atom. The highest BCUT2D eigenvalue weighted by Crippen LogP contribution is 2.41. The van der Waals surface area contributed by atoms with E-state index in [9.17, 15) is 0 Å². The first-order valence-electron chi connectivity index (χ1n) is 13.8. The summed E-state index contributed by atoms with van der Waals surface area (Å²) < 4.78 is 2.37. The molecule has 2 nitrogen and oxygen atoms in total. The maximum Gasteiger partial charge on any atom is 0.146 e. The molecule has 0 radical (unpaired) electrons. The van der Waals surface area contributed by atoms with Gasteiger partial charge in [-0.05, 0) is 41.7 Å². The van der Waals surface area contributed by atoms with E-state index in [0.29, 0.717) is 0 Å². The van der Waals surface area contributed by atoms with Gasteiger partial charge in [0.15, 0.2) is 0 Å². The fourth-order valence-corrected chi connectivity index (χ4v) is 5.46. The molecule has 0 aliphatic heterocycles. The van der Waals surface area contributed by atoms with Gasteiger partial charge in [0, 0.05) is 22.4 Å². The lowest BCUT2D eigenvalue weighted by Crippen LogP contribution is -2.07. The van der Waals surface area contributed by atoms with Crippen molar-refractivity contribution in [3.05, 3.63) is 162 Å². The number of rotatable bonds is 7. The summed E-state index contributed by atoms with van der Waals surface area (Å²) in [7, 11) is 0. The zero-order chi connectivity index (χ0) is 26.4. The standard InChI is InChI=1S/C37H32N2/c1-2-17-28-18-15-16-27-33(28)34(29-19-7-3-8-20-29)37-38-35(30-21-9-4-10-22-30)36(31-23-11-5-12-24-31)39(37)32-25-13-6-14-26-32/h3-16,18-19,21-27H,2,17,20H2,1H3/b34-29+. The normalized spacial score (nSPS) is 14.0. The fraction of sp³-hybridized carbons (Fsp3) is 0.108. The van der Waals surface area contributed by atoms with Gasteiger partial charge in [-0.2, -0.15) is 0 Å². The van der Waals surface area contributed by atoms with Gasteiger partial charge in [-0.25, -0.2) is 4.98 Å². The first-order valence-corrected chi connectivity index (χ1v) is 13.8. The molecule has 1 aromatic heterocycles. The van der Waals surface area contributed by atoms with Gasteiger partial charge in [0.1, 0.15) is 5.82 Å². The number of hydrogen-bond acceptors (Lipinski definition) is 1. The molecular formula is C37H32N2. The molecule has 6 rings (SSSR count). The van der Waals surface area contributed by atoms with Crippen LogP contribution < -0.4 is 0 Å². The minimum Gasteiger partial charge on any atom is -0.292 e. The van der Waals surface area contributed by atoms with Crippen molar-refractivity contribution >= 4 is 5.57 Å². The number of benzene rings is 4. The van der Waals surface area contributed by atoms with Gasteiger partial charge in [-0.15, -0.1) is 0 Å². The average molecular weight is 505 g/mol. The Morgan fingerprint density at radius 3 is 2.03 bits per heavy atom. The number of imidazole rings is 1. The summed E-state index contributed by atoms with van der Waals surface area (Å²) in [5.74, 6) is 0.970. The predicted octanol–water partition coefficient (Wildman–Crippen LogP) is 9.48. The van der Waals surface area contributed by atoms with Crippen molar-refractivity contribution in [2.45, 2.75) is 26.2 Å². The van der Waals surface area contributed by atoms with Crippen LogP contribution in [0.2, 0.25) is 0 Å². The van der Waals surface area contributed by atoms with Crippen LogP contribution in [0.1, 0.15) is 36.7 Å². The minimum absolute atomic E-state index is 0.870. The molecule has 1 aliphatic rings. The Hall–Kier alpha value is -4.69. The second-order valence-electron chi connectivity index (χ2n) is 9.83. The van der Waals surface area contributed by atoms with E-state index < -0.39 is 0 Å². The van der Waals surface area contributed by atoms with Crippen LogP contribution in [0.15, 0.2) is 145 Å². The molecule has 1 aliphatic carbocycles. The maximum atomic E-state index is 5.53. The molecule has 2 heteroatoms. The quantitative estimate of drug-likeness (QED) is 0.216. The Bertz CT molecular complexity index is 1650. The van der Waals surface area contributed by atoms with E-state index in [2.05, 4.69) is 151 Å². The van der Waals surface area contributed by atoms with Crippen molar-refractivity contribution in [1.82, 2.24) is 9.55 Å². The van der Waals surface area contributed by atoms with Crippen LogP contribution >= 0.6 is 0 Å². The summed E-state index contributed by atoms with van der Waals surface area (Å²) >= 11 is 0. The van der Waals surface area contributed by atoms with E-state index in [1.165, 1.54) is 22.3 Å². The summed E-state index contributed by atoms with van der Waals surface area (Å²) in [4.78, 5) is 5.53. The van der Waals surface area contributed by atoms with Gasteiger partial charge in [0.25, 0.3) is 0 Å². The molecule has 0 bridgehead atoms. The van der Waals surface area contributed by atoms with E-state index in [1.54, 1.807) is 0 Å². The molecule has 39 heavy (non-hydrogen) atoms. The van der Waals surface area contributed by atoms with Gasteiger partial charge in [-0.1, -0.05) is 141 Å². The molecule has 0 saturated carbocycles. The number of allylic oxidation sites excluding steroid dienone is 5. The molecular weight excluding hydrogens is 472 g/mol. The van der Waals surface area contributed by atoms with Crippen molar-refractivity contribution in [3.8, 4) is 28.2 Å². The second kappa shape index (κ2) is 11.4. The number of aryl methyl sites for hydroxylation is 1. The highest BCUT2D eigenvalue weighted by molar-refractivity contribution is 5.89. The third-order valence-electron chi connectivity index (χ3n) is 7.22. The molecule has 0 spiro atoms.